The van der Waals surface area contributed by atoms with Crippen LogP contribution in [-0.2, 0) is 11.3 Å². The number of carbonyl (C=O) groups excluding carboxylic acids is 1. The van der Waals surface area contributed by atoms with E-state index < -0.39 is 0 Å². The molecule has 0 unspecified atom stereocenters. The number of carbonyl (C=O) groups is 1. The van der Waals surface area contributed by atoms with Crippen LogP contribution in [0.5, 0.6) is 0 Å². The highest BCUT2D eigenvalue weighted by Crippen LogP contribution is 2.09. The van der Waals surface area contributed by atoms with Gasteiger partial charge in [0, 0.05) is 19.7 Å². The summed E-state index contributed by atoms with van der Waals surface area (Å²) in [6, 6.07) is 3.60. The van der Waals surface area contributed by atoms with Gasteiger partial charge >= 0.3 is 0 Å². The Morgan fingerprint density at radius 3 is 2.84 bits per heavy atom. The van der Waals surface area contributed by atoms with E-state index >= 15 is 0 Å². The first-order valence-electron chi connectivity index (χ1n) is 5.55. The molecule has 102 valence electrons. The van der Waals surface area contributed by atoms with Crippen molar-refractivity contribution < 1.29 is 4.79 Å². The van der Waals surface area contributed by atoms with Gasteiger partial charge in [0.1, 0.15) is 5.82 Å². The average molecular weight is 283 g/mol. The highest BCUT2D eigenvalue weighted by atomic mass is 35.5. The minimum Gasteiger partial charge on any atom is -0.373 e. The Labute approximate surface area is 116 Å². The molecule has 0 saturated heterocycles. The van der Waals surface area contributed by atoms with Crippen LogP contribution in [0.4, 0.5) is 11.5 Å². The Bertz CT molecular complexity index is 498. The van der Waals surface area contributed by atoms with E-state index in [1.807, 2.05) is 0 Å². The molecule has 19 heavy (non-hydrogen) atoms. The van der Waals surface area contributed by atoms with Crippen molar-refractivity contribution in [3.05, 3.63) is 30.7 Å². The third kappa shape index (κ3) is 4.55. The van der Waals surface area contributed by atoms with E-state index in [4.69, 9.17) is 0 Å². The van der Waals surface area contributed by atoms with Crippen LogP contribution in [0.2, 0.25) is 0 Å². The summed E-state index contributed by atoms with van der Waals surface area (Å²) in [7, 11) is 1.79. The number of hydrogen-bond acceptors (Lipinski definition) is 5. The fourth-order valence-electron chi connectivity index (χ4n) is 1.41. The number of aromatic nitrogens is 4. The molecule has 0 aromatic carbocycles. The number of rotatable bonds is 5. The molecule has 0 atom stereocenters. The average Bonchev–Trinajstić information content (AvgIpc) is 2.90. The quantitative estimate of drug-likeness (QED) is 0.860. The van der Waals surface area contributed by atoms with Gasteiger partial charge in [-0.1, -0.05) is 5.21 Å². The maximum Gasteiger partial charge on any atom is 0.226 e. The Kier molecular flexibility index (Phi) is 5.74. The van der Waals surface area contributed by atoms with Crippen molar-refractivity contribution in [2.75, 3.05) is 17.7 Å². The summed E-state index contributed by atoms with van der Waals surface area (Å²) >= 11 is 0. The zero-order valence-electron chi connectivity index (χ0n) is 10.4. The third-order valence-corrected chi connectivity index (χ3v) is 2.34. The largest absolute Gasteiger partial charge is 0.373 e. The van der Waals surface area contributed by atoms with Crippen molar-refractivity contribution >= 4 is 29.8 Å². The molecular weight excluding hydrogens is 268 g/mol. The lowest BCUT2D eigenvalue weighted by atomic mass is 10.3. The van der Waals surface area contributed by atoms with Crippen LogP contribution in [0.3, 0.4) is 0 Å². The van der Waals surface area contributed by atoms with E-state index in [9.17, 15) is 4.79 Å². The molecule has 2 heterocycles. The second-order valence-electron chi connectivity index (χ2n) is 3.65. The Balaban J connectivity index is 0.00000180. The molecule has 0 spiro atoms. The first-order valence-corrected chi connectivity index (χ1v) is 5.55. The minimum atomic E-state index is -0.0792. The standard InChI is InChI=1S/C11H14N6O.ClH/c1-12-10-3-2-9(8-13-10)15-11(18)4-6-17-7-5-14-16-17;/h2-3,5,7-8H,4,6H2,1H3,(H,12,13)(H,15,18);1H. The molecule has 0 radical (unpaired) electrons. The van der Waals surface area contributed by atoms with Gasteiger partial charge in [-0.25, -0.2) is 4.98 Å². The Hall–Kier alpha value is -2.15. The molecule has 1 amide bonds. The molecule has 2 aromatic heterocycles. The number of nitrogens with one attached hydrogen (secondary N) is 2. The van der Waals surface area contributed by atoms with Crippen molar-refractivity contribution in [2.24, 2.45) is 0 Å². The number of halogens is 1. The van der Waals surface area contributed by atoms with Gasteiger partial charge in [0.15, 0.2) is 0 Å². The van der Waals surface area contributed by atoms with Crippen LogP contribution in [0.1, 0.15) is 6.42 Å². The molecule has 2 aromatic rings. The van der Waals surface area contributed by atoms with Gasteiger partial charge in [-0.05, 0) is 12.1 Å². The van der Waals surface area contributed by atoms with Crippen LogP contribution >= 0.6 is 12.4 Å². The molecule has 0 fully saturated rings. The number of pyridine rings is 1. The molecule has 0 bridgehead atoms. The molecule has 0 aliphatic heterocycles. The normalized spacial score (nSPS) is 9.53. The fraction of sp³-hybridized carbons (Fsp3) is 0.273. The van der Waals surface area contributed by atoms with Crippen LogP contribution in [0.15, 0.2) is 30.7 Å². The summed E-state index contributed by atoms with van der Waals surface area (Å²) in [4.78, 5) is 15.8. The monoisotopic (exact) mass is 282 g/mol. The second kappa shape index (κ2) is 7.32. The van der Waals surface area contributed by atoms with Crippen molar-refractivity contribution in [1.29, 1.82) is 0 Å². The molecule has 0 aliphatic rings. The molecule has 8 heteroatoms. The minimum absolute atomic E-state index is 0. The Morgan fingerprint density at radius 1 is 1.42 bits per heavy atom. The number of aryl methyl sites for hydroxylation is 1. The lowest BCUT2D eigenvalue weighted by Gasteiger charge is -2.05. The second-order valence-corrected chi connectivity index (χ2v) is 3.65. The van der Waals surface area contributed by atoms with Crippen molar-refractivity contribution in [3.8, 4) is 0 Å². The summed E-state index contributed by atoms with van der Waals surface area (Å²) in [5.41, 5.74) is 0.678. The summed E-state index contributed by atoms with van der Waals surface area (Å²) < 4.78 is 1.61. The molecule has 2 rings (SSSR count). The van der Waals surface area contributed by atoms with Crippen LogP contribution in [0, 0.1) is 0 Å². The van der Waals surface area contributed by atoms with E-state index in [0.29, 0.717) is 18.7 Å². The van der Waals surface area contributed by atoms with Gasteiger partial charge in [-0.15, -0.1) is 17.5 Å². The zero-order valence-corrected chi connectivity index (χ0v) is 11.2. The summed E-state index contributed by atoms with van der Waals surface area (Å²) in [5.74, 6) is 0.681. The molecule has 0 saturated carbocycles. The van der Waals surface area contributed by atoms with Crippen LogP contribution < -0.4 is 10.6 Å². The predicted molar refractivity (Wildman–Crippen MR) is 74.3 cm³/mol. The fourth-order valence-corrected chi connectivity index (χ4v) is 1.41. The predicted octanol–water partition coefficient (Wildman–Crippen LogP) is 1.17. The SMILES string of the molecule is CNc1ccc(NC(=O)CCn2ccnn2)cn1.Cl. The highest BCUT2D eigenvalue weighted by Gasteiger charge is 2.03. The van der Waals surface area contributed by atoms with Gasteiger partial charge in [0.05, 0.1) is 24.6 Å². The van der Waals surface area contributed by atoms with Gasteiger partial charge in [-0.2, -0.15) is 0 Å². The van der Waals surface area contributed by atoms with Crippen molar-refractivity contribution in [2.45, 2.75) is 13.0 Å². The van der Waals surface area contributed by atoms with Crippen molar-refractivity contribution in [1.82, 2.24) is 20.0 Å². The van der Waals surface area contributed by atoms with E-state index in [1.54, 1.807) is 42.5 Å². The van der Waals surface area contributed by atoms with Crippen LogP contribution in [0.25, 0.3) is 0 Å². The smallest absolute Gasteiger partial charge is 0.226 e. The lowest BCUT2D eigenvalue weighted by molar-refractivity contribution is -0.116. The number of amides is 1. The number of anilines is 2. The van der Waals surface area contributed by atoms with E-state index in [1.165, 1.54) is 0 Å². The van der Waals surface area contributed by atoms with E-state index in [-0.39, 0.29) is 18.3 Å². The maximum absolute atomic E-state index is 11.6. The first kappa shape index (κ1) is 14.9. The topological polar surface area (TPSA) is 84.7 Å². The number of nitrogens with zero attached hydrogens (tertiary/aromatic N) is 4. The van der Waals surface area contributed by atoms with E-state index in [2.05, 4.69) is 25.9 Å². The molecule has 7 nitrogen and oxygen atoms in total. The number of hydrogen-bond donors (Lipinski definition) is 2. The van der Waals surface area contributed by atoms with Gasteiger partial charge in [0.2, 0.25) is 5.91 Å². The lowest BCUT2D eigenvalue weighted by Crippen LogP contribution is -2.15. The third-order valence-electron chi connectivity index (χ3n) is 2.34. The van der Waals surface area contributed by atoms with Crippen molar-refractivity contribution in [3.63, 3.8) is 0 Å². The first-order chi connectivity index (χ1) is 8.78. The van der Waals surface area contributed by atoms with Crippen LogP contribution in [-0.4, -0.2) is 32.9 Å². The molecular formula is C11H15ClN6O. The summed E-state index contributed by atoms with van der Waals surface area (Å²) in [6.07, 6.45) is 5.26. The van der Waals surface area contributed by atoms with Gasteiger partial charge < -0.3 is 10.6 Å². The Morgan fingerprint density at radius 2 is 2.26 bits per heavy atom. The van der Waals surface area contributed by atoms with Gasteiger partial charge in [-0.3, -0.25) is 9.48 Å². The molecule has 0 aliphatic carbocycles. The molecule has 2 N–H and O–H groups in total. The summed E-state index contributed by atoms with van der Waals surface area (Å²) in [6.45, 7) is 0.508. The zero-order chi connectivity index (χ0) is 12.8. The summed E-state index contributed by atoms with van der Waals surface area (Å²) in [5, 5.41) is 13.1. The maximum atomic E-state index is 11.6. The van der Waals surface area contributed by atoms with Gasteiger partial charge in [0.25, 0.3) is 0 Å². The van der Waals surface area contributed by atoms with E-state index in [0.717, 1.165) is 5.82 Å². The highest BCUT2D eigenvalue weighted by molar-refractivity contribution is 5.90.